The van der Waals surface area contributed by atoms with Crippen LogP contribution >= 0.6 is 0 Å². The van der Waals surface area contributed by atoms with E-state index < -0.39 is 0 Å². The van der Waals surface area contributed by atoms with Crippen LogP contribution in [-0.4, -0.2) is 16.9 Å². The first-order valence-electron chi connectivity index (χ1n) is 6.58. The Morgan fingerprint density at radius 3 is 2.83 bits per heavy atom. The molecule has 1 heterocycles. The topological polar surface area (TPSA) is 68.0 Å². The molecule has 1 amide bonds. The van der Waals surface area contributed by atoms with Crippen molar-refractivity contribution < 1.29 is 4.79 Å². The lowest BCUT2D eigenvalue weighted by Crippen LogP contribution is -2.40. The maximum absolute atomic E-state index is 12.1. The van der Waals surface area contributed by atoms with Crippen LogP contribution in [0.1, 0.15) is 43.5 Å². The van der Waals surface area contributed by atoms with Crippen molar-refractivity contribution in [3.8, 4) is 0 Å². The Bertz CT molecular complexity index is 433. The van der Waals surface area contributed by atoms with E-state index in [9.17, 15) is 4.79 Å². The molecule has 0 aromatic carbocycles. The summed E-state index contributed by atoms with van der Waals surface area (Å²) in [6.07, 6.45) is 6.40. The fourth-order valence-electron chi connectivity index (χ4n) is 2.56. The van der Waals surface area contributed by atoms with Gasteiger partial charge in [-0.25, -0.2) is 0 Å². The third-order valence-corrected chi connectivity index (χ3v) is 4.03. The Balaban J connectivity index is 1.98. The molecule has 0 aliphatic heterocycles. The first kappa shape index (κ1) is 12.9. The molecular formula is C14H21N3O. The van der Waals surface area contributed by atoms with Crippen molar-refractivity contribution in [2.24, 2.45) is 11.8 Å². The van der Waals surface area contributed by atoms with Crippen LogP contribution in [0.4, 0.5) is 5.69 Å². The zero-order valence-corrected chi connectivity index (χ0v) is 11.0. The van der Waals surface area contributed by atoms with Crippen LogP contribution in [-0.2, 0) is 0 Å². The molecule has 0 saturated heterocycles. The molecule has 4 heteroatoms. The minimum absolute atomic E-state index is 0.0818. The van der Waals surface area contributed by atoms with Crippen molar-refractivity contribution >= 4 is 11.6 Å². The molecule has 0 bridgehead atoms. The lowest BCUT2D eigenvalue weighted by molar-refractivity contribution is 0.0911. The molecule has 3 atom stereocenters. The number of amides is 1. The zero-order chi connectivity index (χ0) is 13.1. The molecule has 1 saturated carbocycles. The van der Waals surface area contributed by atoms with E-state index in [1.165, 1.54) is 12.6 Å². The second-order valence-corrected chi connectivity index (χ2v) is 5.40. The second-order valence-electron chi connectivity index (χ2n) is 5.40. The second kappa shape index (κ2) is 5.38. The van der Waals surface area contributed by atoms with Gasteiger partial charge >= 0.3 is 0 Å². The maximum atomic E-state index is 12.1. The van der Waals surface area contributed by atoms with Gasteiger partial charge in [-0.2, -0.15) is 0 Å². The zero-order valence-electron chi connectivity index (χ0n) is 11.0. The van der Waals surface area contributed by atoms with Gasteiger partial charge in [0.2, 0.25) is 0 Å². The van der Waals surface area contributed by atoms with Gasteiger partial charge < -0.3 is 11.1 Å². The molecule has 0 spiro atoms. The summed E-state index contributed by atoms with van der Waals surface area (Å²) in [5.74, 6) is 1.34. The summed E-state index contributed by atoms with van der Waals surface area (Å²) in [5, 5.41) is 3.08. The molecule has 98 valence electrons. The SMILES string of the molecule is CC1CCC(NC(=O)c2ccncc2N)CC1C. The summed E-state index contributed by atoms with van der Waals surface area (Å²) < 4.78 is 0. The van der Waals surface area contributed by atoms with E-state index >= 15 is 0 Å². The summed E-state index contributed by atoms with van der Waals surface area (Å²) in [7, 11) is 0. The number of aromatic nitrogens is 1. The number of carbonyl (C=O) groups is 1. The highest BCUT2D eigenvalue weighted by Crippen LogP contribution is 2.29. The number of nitrogens with one attached hydrogen (secondary N) is 1. The average molecular weight is 247 g/mol. The molecule has 1 aromatic heterocycles. The summed E-state index contributed by atoms with van der Waals surface area (Å²) in [4.78, 5) is 16.0. The van der Waals surface area contributed by atoms with E-state index in [-0.39, 0.29) is 11.9 Å². The van der Waals surface area contributed by atoms with Gasteiger partial charge in [0.15, 0.2) is 0 Å². The van der Waals surface area contributed by atoms with Crippen molar-refractivity contribution in [1.82, 2.24) is 10.3 Å². The average Bonchev–Trinajstić information content (AvgIpc) is 2.34. The van der Waals surface area contributed by atoms with E-state index in [1.807, 2.05) is 0 Å². The number of nitrogens with zero attached hydrogens (tertiary/aromatic N) is 1. The van der Waals surface area contributed by atoms with Gasteiger partial charge in [-0.15, -0.1) is 0 Å². The summed E-state index contributed by atoms with van der Waals surface area (Å²) in [6.45, 7) is 4.54. The maximum Gasteiger partial charge on any atom is 0.253 e. The van der Waals surface area contributed by atoms with E-state index in [4.69, 9.17) is 5.73 Å². The minimum atomic E-state index is -0.0818. The van der Waals surface area contributed by atoms with Gasteiger partial charge in [0.05, 0.1) is 17.4 Å². The molecule has 1 aromatic rings. The Morgan fingerprint density at radius 2 is 2.17 bits per heavy atom. The standard InChI is InChI=1S/C14H21N3O/c1-9-3-4-11(7-10(9)2)17-14(18)12-5-6-16-8-13(12)15/h5-6,8-11H,3-4,7,15H2,1-2H3,(H,17,18). The smallest absolute Gasteiger partial charge is 0.253 e. The third-order valence-electron chi connectivity index (χ3n) is 4.03. The third kappa shape index (κ3) is 2.81. The largest absolute Gasteiger partial charge is 0.397 e. The van der Waals surface area contributed by atoms with Crippen LogP contribution < -0.4 is 11.1 Å². The van der Waals surface area contributed by atoms with Gasteiger partial charge in [-0.1, -0.05) is 13.8 Å². The van der Waals surface area contributed by atoms with Crippen molar-refractivity contribution in [2.45, 2.75) is 39.2 Å². The molecule has 0 radical (unpaired) electrons. The van der Waals surface area contributed by atoms with Gasteiger partial charge in [0.1, 0.15) is 0 Å². The van der Waals surface area contributed by atoms with Crippen LogP contribution in [0, 0.1) is 11.8 Å². The number of anilines is 1. The normalized spacial score (nSPS) is 27.8. The van der Waals surface area contributed by atoms with Crippen LogP contribution in [0.5, 0.6) is 0 Å². The lowest BCUT2D eigenvalue weighted by Gasteiger charge is -2.32. The van der Waals surface area contributed by atoms with Crippen LogP contribution in [0.2, 0.25) is 0 Å². The Labute approximate surface area is 108 Å². The van der Waals surface area contributed by atoms with Crippen molar-refractivity contribution in [3.05, 3.63) is 24.0 Å². The van der Waals surface area contributed by atoms with E-state index in [1.54, 1.807) is 12.3 Å². The van der Waals surface area contributed by atoms with Gasteiger partial charge in [0.25, 0.3) is 5.91 Å². The highest BCUT2D eigenvalue weighted by Gasteiger charge is 2.26. The predicted molar refractivity (Wildman–Crippen MR) is 72.1 cm³/mol. The predicted octanol–water partition coefficient (Wildman–Crippen LogP) is 2.22. The number of hydrogen-bond acceptors (Lipinski definition) is 3. The van der Waals surface area contributed by atoms with Crippen LogP contribution in [0.3, 0.4) is 0 Å². The monoisotopic (exact) mass is 247 g/mol. The van der Waals surface area contributed by atoms with E-state index in [0.29, 0.717) is 17.2 Å². The minimum Gasteiger partial charge on any atom is -0.397 e. The fourth-order valence-corrected chi connectivity index (χ4v) is 2.56. The van der Waals surface area contributed by atoms with Crippen molar-refractivity contribution in [3.63, 3.8) is 0 Å². The molecular weight excluding hydrogens is 226 g/mol. The molecule has 1 aliphatic rings. The quantitative estimate of drug-likeness (QED) is 0.842. The number of nitrogen functional groups attached to an aromatic ring is 1. The Hall–Kier alpha value is -1.58. The van der Waals surface area contributed by atoms with E-state index in [0.717, 1.165) is 18.8 Å². The Morgan fingerprint density at radius 1 is 1.39 bits per heavy atom. The summed E-state index contributed by atoms with van der Waals surface area (Å²) >= 11 is 0. The lowest BCUT2D eigenvalue weighted by atomic mass is 9.79. The highest BCUT2D eigenvalue weighted by molar-refractivity contribution is 5.98. The molecule has 1 fully saturated rings. The number of carbonyl (C=O) groups excluding carboxylic acids is 1. The molecule has 4 nitrogen and oxygen atoms in total. The number of pyridine rings is 1. The molecule has 3 unspecified atom stereocenters. The van der Waals surface area contributed by atoms with Gasteiger partial charge in [-0.3, -0.25) is 9.78 Å². The molecule has 2 rings (SSSR count). The number of rotatable bonds is 2. The summed E-state index contributed by atoms with van der Waals surface area (Å²) in [6, 6.07) is 1.94. The number of hydrogen-bond donors (Lipinski definition) is 2. The van der Waals surface area contributed by atoms with Gasteiger partial charge in [0, 0.05) is 12.2 Å². The van der Waals surface area contributed by atoms with Crippen LogP contribution in [0.25, 0.3) is 0 Å². The number of nitrogens with two attached hydrogens (primary N) is 1. The van der Waals surface area contributed by atoms with Crippen molar-refractivity contribution in [1.29, 1.82) is 0 Å². The van der Waals surface area contributed by atoms with Crippen molar-refractivity contribution in [2.75, 3.05) is 5.73 Å². The molecule has 1 aliphatic carbocycles. The molecule has 18 heavy (non-hydrogen) atoms. The first-order chi connectivity index (χ1) is 8.58. The summed E-state index contributed by atoms with van der Waals surface area (Å²) in [5.41, 5.74) is 6.71. The molecule has 3 N–H and O–H groups in total. The Kier molecular flexibility index (Phi) is 3.84. The van der Waals surface area contributed by atoms with E-state index in [2.05, 4.69) is 24.1 Å². The van der Waals surface area contributed by atoms with Gasteiger partial charge in [-0.05, 0) is 37.2 Å². The highest BCUT2D eigenvalue weighted by atomic mass is 16.1. The van der Waals surface area contributed by atoms with Crippen LogP contribution in [0.15, 0.2) is 18.5 Å². The fraction of sp³-hybridized carbons (Fsp3) is 0.571. The first-order valence-corrected chi connectivity index (χ1v) is 6.58.